The lowest BCUT2D eigenvalue weighted by Gasteiger charge is -2.61. The first-order chi connectivity index (χ1) is 23.1. The molecule has 250 valence electrons. The Bertz CT molecular complexity index is 1670. The van der Waals surface area contributed by atoms with Crippen molar-refractivity contribution in [2.24, 2.45) is 46.7 Å². The molecule has 2 aliphatic heterocycles. The average Bonchev–Trinajstić information content (AvgIpc) is 3.44. The van der Waals surface area contributed by atoms with Gasteiger partial charge in [-0.15, -0.1) is 11.6 Å². The van der Waals surface area contributed by atoms with E-state index in [1.165, 1.54) is 0 Å². The van der Waals surface area contributed by atoms with Crippen LogP contribution in [0.25, 0.3) is 0 Å². The number of nitrogens with two attached hydrogens (primary N) is 1. The number of Topliss-reactive ketones (excluding diaryl/α,β-unsaturated/α-hetero) is 1. The van der Waals surface area contributed by atoms with Crippen molar-refractivity contribution in [1.29, 1.82) is 0 Å². The number of amides is 4. The Morgan fingerprint density at radius 3 is 1.38 bits per heavy atom. The van der Waals surface area contributed by atoms with Gasteiger partial charge in [-0.05, 0) is 129 Å². The number of ketones is 1. The Balaban J connectivity index is 0.000000132. The Morgan fingerprint density at radius 1 is 0.625 bits per heavy atom. The van der Waals surface area contributed by atoms with Gasteiger partial charge in [-0.2, -0.15) is 0 Å². The number of carbonyl (C=O) groups excluding carboxylic acids is 5. The molecule has 0 spiro atoms. The smallest absolute Gasteiger partial charge is 0.261 e. The zero-order valence-corrected chi connectivity index (χ0v) is 27.9. The van der Waals surface area contributed by atoms with Crippen molar-refractivity contribution >= 4 is 41.0 Å². The molecule has 10 aliphatic rings. The molecule has 8 saturated carbocycles. The Morgan fingerprint density at radius 2 is 1.00 bits per heavy atom. The van der Waals surface area contributed by atoms with Crippen LogP contribution >= 0.6 is 11.6 Å². The van der Waals surface area contributed by atoms with Gasteiger partial charge in [0.1, 0.15) is 5.78 Å². The lowest BCUT2D eigenvalue weighted by atomic mass is 9.46. The van der Waals surface area contributed by atoms with Crippen molar-refractivity contribution in [3.8, 4) is 0 Å². The SMILES string of the molecule is NC12CC3CC(C1)C(N1C(=O)c4ccccc4C1=O)C(C3)C2.O=C(CCl)CC12CC3CC(C1)C(N1C(=O)c4ccccc4C1=O)C(C3)C2. The molecule has 0 saturated heterocycles. The number of alkyl halides is 1. The maximum absolute atomic E-state index is 13.0. The molecule has 48 heavy (non-hydrogen) atoms. The molecule has 2 aromatic carbocycles. The predicted molar refractivity (Wildman–Crippen MR) is 178 cm³/mol. The van der Waals surface area contributed by atoms with Crippen molar-refractivity contribution in [1.82, 2.24) is 9.80 Å². The Labute approximate surface area is 285 Å². The second-order valence-corrected chi connectivity index (χ2v) is 17.0. The minimum atomic E-state index is -0.131. The molecule has 0 aromatic heterocycles. The van der Waals surface area contributed by atoms with Gasteiger partial charge >= 0.3 is 0 Å². The minimum absolute atomic E-state index is 0.00169. The number of nitrogens with zero attached hydrogens (tertiary/aromatic N) is 2. The maximum Gasteiger partial charge on any atom is 0.261 e. The van der Waals surface area contributed by atoms with Crippen LogP contribution in [-0.2, 0) is 4.79 Å². The molecule has 2 N–H and O–H groups in total. The van der Waals surface area contributed by atoms with E-state index >= 15 is 0 Å². The average molecular weight is 668 g/mol. The van der Waals surface area contributed by atoms with E-state index in [-0.39, 0.29) is 58.3 Å². The zero-order chi connectivity index (χ0) is 33.1. The van der Waals surface area contributed by atoms with Crippen molar-refractivity contribution < 1.29 is 24.0 Å². The van der Waals surface area contributed by atoms with Crippen LogP contribution in [0, 0.1) is 40.9 Å². The minimum Gasteiger partial charge on any atom is -0.325 e. The topological polar surface area (TPSA) is 118 Å². The zero-order valence-electron chi connectivity index (χ0n) is 27.1. The van der Waals surface area contributed by atoms with E-state index in [1.54, 1.807) is 34.1 Å². The number of halogens is 1. The number of benzene rings is 2. The number of carbonyl (C=O) groups is 5. The third kappa shape index (κ3) is 4.54. The summed E-state index contributed by atoms with van der Waals surface area (Å²) < 4.78 is 0. The molecule has 8 nitrogen and oxygen atoms in total. The molecule has 4 amide bonds. The van der Waals surface area contributed by atoms with Gasteiger partial charge in [0.05, 0.1) is 28.1 Å². The molecule has 8 aliphatic carbocycles. The van der Waals surface area contributed by atoms with Gasteiger partial charge in [-0.25, -0.2) is 0 Å². The third-order valence-corrected chi connectivity index (χ3v) is 13.9. The summed E-state index contributed by atoms with van der Waals surface area (Å²) in [5.41, 5.74) is 8.79. The summed E-state index contributed by atoms with van der Waals surface area (Å²) in [5, 5.41) is 0. The summed E-state index contributed by atoms with van der Waals surface area (Å²) in [6.07, 6.45) is 11.1. The largest absolute Gasteiger partial charge is 0.325 e. The van der Waals surface area contributed by atoms with Gasteiger partial charge in [0, 0.05) is 24.0 Å². The van der Waals surface area contributed by atoms with Crippen LogP contribution in [0.5, 0.6) is 0 Å². The molecular weight excluding hydrogens is 626 g/mol. The van der Waals surface area contributed by atoms with Gasteiger partial charge < -0.3 is 5.73 Å². The van der Waals surface area contributed by atoms with Crippen molar-refractivity contribution in [2.75, 3.05) is 5.88 Å². The number of hydrogen-bond donors (Lipinski definition) is 1. The first-order valence-electron chi connectivity index (χ1n) is 17.9. The normalized spacial score (nSPS) is 39.5. The summed E-state index contributed by atoms with van der Waals surface area (Å²) in [7, 11) is 0. The second-order valence-electron chi connectivity index (χ2n) is 16.7. The molecule has 4 atom stereocenters. The number of fused-ring (bicyclic) bond motifs is 2. The van der Waals surface area contributed by atoms with Gasteiger partial charge in [-0.3, -0.25) is 33.8 Å². The van der Waals surface area contributed by atoms with Crippen LogP contribution in [0.3, 0.4) is 0 Å². The number of imide groups is 2. The summed E-state index contributed by atoms with van der Waals surface area (Å²) in [4.78, 5) is 66.7. The number of hydrogen-bond acceptors (Lipinski definition) is 6. The highest BCUT2D eigenvalue weighted by Gasteiger charge is 2.60. The highest BCUT2D eigenvalue weighted by Crippen LogP contribution is 2.63. The van der Waals surface area contributed by atoms with Crippen LogP contribution < -0.4 is 5.73 Å². The molecule has 9 heteroatoms. The molecule has 8 bridgehead atoms. The van der Waals surface area contributed by atoms with Gasteiger partial charge in [-0.1, -0.05) is 24.3 Å². The van der Waals surface area contributed by atoms with Gasteiger partial charge in [0.15, 0.2) is 0 Å². The van der Waals surface area contributed by atoms with E-state index in [0.717, 1.165) is 64.2 Å². The third-order valence-electron chi connectivity index (χ3n) is 13.6. The first-order valence-corrected chi connectivity index (χ1v) is 18.4. The summed E-state index contributed by atoms with van der Waals surface area (Å²) >= 11 is 5.77. The van der Waals surface area contributed by atoms with Crippen LogP contribution in [0.2, 0.25) is 0 Å². The standard InChI is InChI=1S/C21H22ClNO3.C18H20N2O2/c22-11-15(24)10-21-7-12-5-13(8-21)18(14(6-12)9-21)23-19(25)16-3-1-2-4-17(16)20(23)26;19-18-7-10-5-11(8-18)15(12(6-10)9-18)20-16(21)13-3-1-2-4-14(13)17(20)22/h1-4,12-14,18H,5-11H2;1-4,10-12,15H,5-9,19H2. The Kier molecular flexibility index (Phi) is 6.91. The van der Waals surface area contributed by atoms with E-state index < -0.39 is 0 Å². The predicted octanol–water partition coefficient (Wildman–Crippen LogP) is 5.86. The molecule has 4 unspecified atom stereocenters. The van der Waals surface area contributed by atoms with Crippen LogP contribution in [0.15, 0.2) is 48.5 Å². The first kappa shape index (κ1) is 30.7. The molecule has 2 aromatic rings. The molecular formula is C39H42ClN3O5. The van der Waals surface area contributed by atoms with Crippen LogP contribution in [-0.4, -0.2) is 62.7 Å². The van der Waals surface area contributed by atoms with Gasteiger partial charge in [0.25, 0.3) is 23.6 Å². The van der Waals surface area contributed by atoms with Crippen LogP contribution in [0.1, 0.15) is 112 Å². The highest BCUT2D eigenvalue weighted by molar-refractivity contribution is 6.27. The summed E-state index contributed by atoms with van der Waals surface area (Å²) in [6.45, 7) is 0. The van der Waals surface area contributed by atoms with E-state index in [1.807, 2.05) is 24.3 Å². The molecule has 8 fully saturated rings. The second kappa shape index (κ2) is 10.8. The van der Waals surface area contributed by atoms with E-state index in [2.05, 4.69) is 0 Å². The lowest BCUT2D eigenvalue weighted by Crippen LogP contribution is -2.65. The fraction of sp³-hybridized carbons (Fsp3) is 0.564. The van der Waals surface area contributed by atoms with E-state index in [4.69, 9.17) is 17.3 Å². The number of rotatable bonds is 5. The molecule has 0 radical (unpaired) electrons. The van der Waals surface area contributed by atoms with E-state index in [9.17, 15) is 24.0 Å². The molecule has 12 rings (SSSR count). The van der Waals surface area contributed by atoms with Crippen molar-refractivity contribution in [3.05, 3.63) is 70.8 Å². The quantitative estimate of drug-likeness (QED) is 0.315. The van der Waals surface area contributed by atoms with Gasteiger partial charge in [0.2, 0.25) is 0 Å². The van der Waals surface area contributed by atoms with Crippen molar-refractivity contribution in [3.63, 3.8) is 0 Å². The Hall–Kier alpha value is -3.36. The maximum atomic E-state index is 13.0. The van der Waals surface area contributed by atoms with Crippen molar-refractivity contribution in [2.45, 2.75) is 88.3 Å². The summed E-state index contributed by atoms with van der Waals surface area (Å²) in [5.74, 6) is 2.55. The monoisotopic (exact) mass is 667 g/mol. The highest BCUT2D eigenvalue weighted by atomic mass is 35.5. The van der Waals surface area contributed by atoms with E-state index in [0.29, 0.717) is 64.2 Å². The fourth-order valence-electron chi connectivity index (χ4n) is 12.7. The fourth-order valence-corrected chi connectivity index (χ4v) is 12.8. The van der Waals surface area contributed by atoms with Crippen LogP contribution in [0.4, 0.5) is 0 Å². The molecule has 2 heterocycles. The lowest BCUT2D eigenvalue weighted by molar-refractivity contribution is -0.130. The summed E-state index contributed by atoms with van der Waals surface area (Å²) in [6, 6.07) is 14.4.